The Labute approximate surface area is 129 Å². The predicted molar refractivity (Wildman–Crippen MR) is 86.0 cm³/mol. The van der Waals surface area contributed by atoms with E-state index in [9.17, 15) is 10.2 Å². The minimum absolute atomic E-state index is 0.102. The summed E-state index contributed by atoms with van der Waals surface area (Å²) in [6.07, 6.45) is 3.86. The second-order valence-corrected chi connectivity index (χ2v) is 7.27. The van der Waals surface area contributed by atoms with Gasteiger partial charge in [0.25, 0.3) is 0 Å². The molecular weight excluding hydrogens is 316 g/mol. The van der Waals surface area contributed by atoms with E-state index in [4.69, 9.17) is 0 Å². The first kappa shape index (κ1) is 15.2. The van der Waals surface area contributed by atoms with Crippen LogP contribution in [0.25, 0.3) is 0 Å². The van der Waals surface area contributed by atoms with E-state index >= 15 is 0 Å². The molecule has 0 heterocycles. The van der Waals surface area contributed by atoms with E-state index < -0.39 is 0 Å². The third-order valence-electron chi connectivity index (χ3n) is 4.13. The third-order valence-corrected chi connectivity index (χ3v) is 4.76. The zero-order valence-corrected chi connectivity index (χ0v) is 13.8. The lowest BCUT2D eigenvalue weighted by molar-refractivity contribution is 0.236. The Balaban J connectivity index is 2.34. The van der Waals surface area contributed by atoms with Crippen LogP contribution in [0.4, 0.5) is 0 Å². The highest BCUT2D eigenvalue weighted by atomic mass is 79.9. The minimum atomic E-state index is 0.102. The van der Waals surface area contributed by atoms with E-state index in [0.29, 0.717) is 10.9 Å². The van der Waals surface area contributed by atoms with E-state index in [2.05, 4.69) is 49.4 Å². The summed E-state index contributed by atoms with van der Waals surface area (Å²) in [6, 6.07) is 3.18. The van der Waals surface area contributed by atoms with Crippen LogP contribution in [0, 0.1) is 11.3 Å². The molecule has 20 heavy (non-hydrogen) atoms. The highest BCUT2D eigenvalue weighted by Crippen LogP contribution is 2.45. The summed E-state index contributed by atoms with van der Waals surface area (Å²) < 4.78 is 0.510. The normalized spacial score (nSPS) is 21.7. The average Bonchev–Trinajstić information content (AvgIpc) is 2.29. The van der Waals surface area contributed by atoms with Gasteiger partial charge in [-0.3, -0.25) is 0 Å². The monoisotopic (exact) mass is 336 g/mol. The Bertz CT molecular complexity index is 585. The van der Waals surface area contributed by atoms with E-state index in [0.717, 1.165) is 17.6 Å². The van der Waals surface area contributed by atoms with Gasteiger partial charge in [-0.15, -0.1) is 0 Å². The standard InChI is InChI=1S/C17H21BrO2/c1-10-5-11(2)13(17(3,4)9-10)6-12-7-16(20)14(18)8-15(12)19/h5,7-8,13,19-20H,2,6,9H2,1,3-4H3. The van der Waals surface area contributed by atoms with Gasteiger partial charge in [-0.1, -0.05) is 37.6 Å². The van der Waals surface area contributed by atoms with Gasteiger partial charge >= 0.3 is 0 Å². The van der Waals surface area contributed by atoms with Crippen molar-refractivity contribution in [1.82, 2.24) is 0 Å². The fourth-order valence-electron chi connectivity index (χ4n) is 3.20. The van der Waals surface area contributed by atoms with E-state index in [-0.39, 0.29) is 22.8 Å². The molecule has 0 amide bonds. The number of phenols is 2. The highest BCUT2D eigenvalue weighted by Gasteiger charge is 2.34. The first-order valence-electron chi connectivity index (χ1n) is 6.77. The molecule has 108 valence electrons. The van der Waals surface area contributed by atoms with Gasteiger partial charge in [-0.2, -0.15) is 0 Å². The van der Waals surface area contributed by atoms with Gasteiger partial charge in [0.15, 0.2) is 0 Å². The number of hydrogen-bond donors (Lipinski definition) is 2. The van der Waals surface area contributed by atoms with Crippen molar-refractivity contribution in [3.05, 3.63) is 46.0 Å². The highest BCUT2D eigenvalue weighted by molar-refractivity contribution is 9.10. The van der Waals surface area contributed by atoms with Crippen LogP contribution in [0.3, 0.4) is 0 Å². The molecule has 0 saturated carbocycles. The van der Waals surface area contributed by atoms with Crippen LogP contribution in [-0.4, -0.2) is 10.2 Å². The van der Waals surface area contributed by atoms with Gasteiger partial charge in [-0.25, -0.2) is 0 Å². The summed E-state index contributed by atoms with van der Waals surface area (Å²) in [5, 5.41) is 19.9. The number of aromatic hydroxyl groups is 2. The van der Waals surface area contributed by atoms with Crippen molar-refractivity contribution in [2.75, 3.05) is 0 Å². The lowest BCUT2D eigenvalue weighted by atomic mass is 9.65. The molecule has 1 aliphatic carbocycles. The smallest absolute Gasteiger partial charge is 0.130 e. The van der Waals surface area contributed by atoms with Crippen LogP contribution < -0.4 is 0 Å². The lowest BCUT2D eigenvalue weighted by Crippen LogP contribution is -2.30. The van der Waals surface area contributed by atoms with Crippen LogP contribution in [0.5, 0.6) is 11.5 Å². The number of hydrogen-bond acceptors (Lipinski definition) is 2. The Kier molecular flexibility index (Phi) is 4.01. The minimum Gasteiger partial charge on any atom is -0.508 e. The molecule has 1 aliphatic rings. The molecule has 0 bridgehead atoms. The molecule has 1 unspecified atom stereocenters. The van der Waals surface area contributed by atoms with Crippen molar-refractivity contribution >= 4 is 15.9 Å². The largest absolute Gasteiger partial charge is 0.508 e. The Morgan fingerprint density at radius 1 is 1.30 bits per heavy atom. The van der Waals surface area contributed by atoms with Crippen molar-refractivity contribution in [3.8, 4) is 11.5 Å². The maximum absolute atomic E-state index is 10.1. The van der Waals surface area contributed by atoms with Gasteiger partial charge in [0.05, 0.1) is 4.47 Å². The maximum atomic E-state index is 10.1. The molecule has 1 atom stereocenters. The van der Waals surface area contributed by atoms with Crippen molar-refractivity contribution < 1.29 is 10.2 Å². The fraction of sp³-hybridized carbons (Fsp3) is 0.412. The Morgan fingerprint density at radius 2 is 1.95 bits per heavy atom. The topological polar surface area (TPSA) is 40.5 Å². The van der Waals surface area contributed by atoms with Gasteiger partial charge in [0, 0.05) is 0 Å². The zero-order chi connectivity index (χ0) is 15.1. The lowest BCUT2D eigenvalue weighted by Gasteiger charge is -2.39. The first-order valence-corrected chi connectivity index (χ1v) is 7.56. The van der Waals surface area contributed by atoms with Gasteiger partial charge in [0.1, 0.15) is 11.5 Å². The molecule has 2 rings (SSSR count). The van der Waals surface area contributed by atoms with Crippen LogP contribution >= 0.6 is 15.9 Å². The molecule has 2 nitrogen and oxygen atoms in total. The number of benzene rings is 1. The van der Waals surface area contributed by atoms with Crippen molar-refractivity contribution in [2.24, 2.45) is 11.3 Å². The zero-order valence-electron chi connectivity index (χ0n) is 12.2. The molecular formula is C17H21BrO2. The molecule has 0 saturated heterocycles. The number of allylic oxidation sites excluding steroid dienone is 3. The molecule has 0 fully saturated rings. The number of halogens is 1. The van der Waals surface area contributed by atoms with Gasteiger partial charge in [0.2, 0.25) is 0 Å². The van der Waals surface area contributed by atoms with Crippen molar-refractivity contribution in [2.45, 2.75) is 33.6 Å². The van der Waals surface area contributed by atoms with Crippen LogP contribution in [0.2, 0.25) is 0 Å². The summed E-state index contributed by atoms with van der Waals surface area (Å²) >= 11 is 3.21. The molecule has 0 aliphatic heterocycles. The van der Waals surface area contributed by atoms with E-state index in [1.165, 1.54) is 5.57 Å². The van der Waals surface area contributed by atoms with Crippen LogP contribution in [0.1, 0.15) is 32.8 Å². The summed E-state index contributed by atoms with van der Waals surface area (Å²) in [5.41, 5.74) is 3.31. The van der Waals surface area contributed by atoms with Gasteiger partial charge in [-0.05, 0) is 64.7 Å². The molecule has 0 spiro atoms. The third kappa shape index (κ3) is 2.93. The number of rotatable bonds is 2. The van der Waals surface area contributed by atoms with Crippen LogP contribution in [0.15, 0.2) is 40.4 Å². The number of phenolic OH excluding ortho intramolecular Hbond substituents is 2. The SMILES string of the molecule is C=C1C=C(C)CC(C)(C)C1Cc1cc(O)c(Br)cc1O. The molecule has 0 aromatic heterocycles. The van der Waals surface area contributed by atoms with Crippen LogP contribution in [-0.2, 0) is 6.42 Å². The van der Waals surface area contributed by atoms with Crippen molar-refractivity contribution in [1.29, 1.82) is 0 Å². The van der Waals surface area contributed by atoms with Gasteiger partial charge < -0.3 is 10.2 Å². The molecule has 0 radical (unpaired) electrons. The summed E-state index contributed by atoms with van der Waals surface area (Å²) in [5.74, 6) is 0.631. The van der Waals surface area contributed by atoms with Crippen molar-refractivity contribution in [3.63, 3.8) is 0 Å². The molecule has 2 N–H and O–H groups in total. The predicted octanol–water partition coefficient (Wildman–Crippen LogP) is 4.95. The summed E-state index contributed by atoms with van der Waals surface area (Å²) in [6.45, 7) is 10.8. The fourth-order valence-corrected chi connectivity index (χ4v) is 3.53. The molecule has 1 aromatic carbocycles. The van der Waals surface area contributed by atoms with E-state index in [1.54, 1.807) is 12.1 Å². The second kappa shape index (κ2) is 5.28. The average molecular weight is 337 g/mol. The molecule has 3 heteroatoms. The molecule has 1 aromatic rings. The Hall–Kier alpha value is -1.22. The first-order chi connectivity index (χ1) is 9.20. The van der Waals surface area contributed by atoms with E-state index in [1.807, 2.05) is 0 Å². The summed E-state index contributed by atoms with van der Waals surface area (Å²) in [7, 11) is 0. The second-order valence-electron chi connectivity index (χ2n) is 6.42. The summed E-state index contributed by atoms with van der Waals surface area (Å²) in [4.78, 5) is 0. The quantitative estimate of drug-likeness (QED) is 0.750. The Morgan fingerprint density at radius 3 is 2.55 bits per heavy atom. The maximum Gasteiger partial charge on any atom is 0.130 e.